The van der Waals surface area contributed by atoms with Crippen LogP contribution in [0.5, 0.6) is 0 Å². The summed E-state index contributed by atoms with van der Waals surface area (Å²) in [5, 5.41) is 6.41. The summed E-state index contributed by atoms with van der Waals surface area (Å²) in [6.45, 7) is 6.08. The molecule has 1 atom stereocenters. The van der Waals surface area contributed by atoms with Crippen molar-refractivity contribution in [3.63, 3.8) is 0 Å². The van der Waals surface area contributed by atoms with E-state index in [2.05, 4.69) is 34.3 Å². The zero-order valence-corrected chi connectivity index (χ0v) is 12.2. The van der Waals surface area contributed by atoms with E-state index in [-0.39, 0.29) is 28.9 Å². The summed E-state index contributed by atoms with van der Waals surface area (Å²) in [5.41, 5.74) is -0.111. The third-order valence-corrected chi connectivity index (χ3v) is 2.88. The summed E-state index contributed by atoms with van der Waals surface area (Å²) in [6, 6.07) is 3.21. The lowest BCUT2D eigenvalue weighted by atomic mass is 10.1. The maximum atomic E-state index is 12.0. The fourth-order valence-electron chi connectivity index (χ4n) is 2.07. The van der Waals surface area contributed by atoms with E-state index in [1.807, 2.05) is 6.92 Å². The van der Waals surface area contributed by atoms with Crippen LogP contribution >= 0.6 is 0 Å². The lowest BCUT2D eigenvalue weighted by Gasteiger charge is -2.14. The van der Waals surface area contributed by atoms with Gasteiger partial charge in [-0.25, -0.2) is 0 Å². The molecule has 0 radical (unpaired) electrons. The summed E-state index contributed by atoms with van der Waals surface area (Å²) in [7, 11) is 0. The van der Waals surface area contributed by atoms with Gasteiger partial charge in [-0.1, -0.05) is 19.0 Å². The van der Waals surface area contributed by atoms with Crippen molar-refractivity contribution in [2.75, 3.05) is 0 Å². The van der Waals surface area contributed by atoms with Crippen LogP contribution in [-0.4, -0.2) is 27.1 Å². The van der Waals surface area contributed by atoms with Crippen LogP contribution < -0.4 is 10.9 Å². The molecule has 112 valence electrons. The van der Waals surface area contributed by atoms with Crippen molar-refractivity contribution < 1.29 is 9.32 Å². The first-order chi connectivity index (χ1) is 9.97. The molecule has 0 aliphatic rings. The number of amides is 1. The number of nitrogens with zero attached hydrogens (tertiary/aromatic N) is 2. The molecule has 21 heavy (non-hydrogen) atoms. The number of carbonyl (C=O) groups excluding carboxylic acids is 1. The van der Waals surface area contributed by atoms with E-state index in [9.17, 15) is 9.59 Å². The van der Waals surface area contributed by atoms with Gasteiger partial charge in [-0.15, -0.1) is 0 Å². The van der Waals surface area contributed by atoms with Crippen molar-refractivity contribution in [1.29, 1.82) is 0 Å². The molecule has 0 spiro atoms. The van der Waals surface area contributed by atoms with Gasteiger partial charge in [-0.2, -0.15) is 4.98 Å². The number of nitrogens with one attached hydrogen (secondary N) is 2. The second-order valence-corrected chi connectivity index (χ2v) is 5.34. The number of rotatable bonds is 5. The van der Waals surface area contributed by atoms with Crippen LogP contribution in [0, 0.1) is 5.92 Å². The van der Waals surface area contributed by atoms with Gasteiger partial charge in [-0.3, -0.25) is 9.59 Å². The van der Waals surface area contributed by atoms with Crippen LogP contribution in [0.4, 0.5) is 0 Å². The largest absolute Gasteiger partial charge is 0.347 e. The van der Waals surface area contributed by atoms with Gasteiger partial charge in [0.05, 0.1) is 0 Å². The molecule has 0 saturated carbocycles. The smallest absolute Gasteiger partial charge is 0.292 e. The Morgan fingerprint density at radius 3 is 2.86 bits per heavy atom. The molecule has 1 amide bonds. The molecule has 2 aromatic heterocycles. The van der Waals surface area contributed by atoms with Crippen LogP contribution in [0.2, 0.25) is 0 Å². The Labute approximate surface area is 121 Å². The summed E-state index contributed by atoms with van der Waals surface area (Å²) >= 11 is 0. The highest BCUT2D eigenvalue weighted by atomic mass is 16.5. The van der Waals surface area contributed by atoms with Crippen LogP contribution in [-0.2, 0) is 0 Å². The molecule has 0 aliphatic carbocycles. The van der Waals surface area contributed by atoms with Crippen LogP contribution in [0.15, 0.2) is 27.6 Å². The summed E-state index contributed by atoms with van der Waals surface area (Å²) in [6.07, 6.45) is 2.36. The van der Waals surface area contributed by atoms with Gasteiger partial charge >= 0.3 is 0 Å². The zero-order chi connectivity index (χ0) is 15.4. The maximum Gasteiger partial charge on any atom is 0.292 e. The molecule has 2 aromatic rings. The van der Waals surface area contributed by atoms with E-state index < -0.39 is 5.91 Å². The minimum Gasteiger partial charge on any atom is -0.347 e. The minimum absolute atomic E-state index is 0.0135. The van der Waals surface area contributed by atoms with Gasteiger partial charge in [0.2, 0.25) is 0 Å². The van der Waals surface area contributed by atoms with Gasteiger partial charge in [0.15, 0.2) is 0 Å². The molecule has 0 fully saturated rings. The Bertz CT molecular complexity index is 675. The second kappa shape index (κ2) is 6.34. The van der Waals surface area contributed by atoms with Crippen LogP contribution in [0.1, 0.15) is 37.8 Å². The third kappa shape index (κ3) is 3.77. The highest BCUT2D eigenvalue weighted by Crippen LogP contribution is 2.12. The number of aromatic nitrogens is 3. The van der Waals surface area contributed by atoms with Gasteiger partial charge in [-0.05, 0) is 31.4 Å². The maximum absolute atomic E-state index is 12.0. The summed E-state index contributed by atoms with van der Waals surface area (Å²) in [4.78, 5) is 30.1. The lowest BCUT2D eigenvalue weighted by molar-refractivity contribution is 0.0922. The first kappa shape index (κ1) is 15.0. The second-order valence-electron chi connectivity index (χ2n) is 5.34. The SMILES string of the molecule is CC(C)CC(C)NC(=O)c1noc(-c2ccc[nH]c2=O)n1. The molecule has 2 rings (SSSR count). The van der Waals surface area contributed by atoms with Crippen molar-refractivity contribution in [2.45, 2.75) is 33.2 Å². The topological polar surface area (TPSA) is 101 Å². The van der Waals surface area contributed by atoms with E-state index in [0.29, 0.717) is 5.92 Å². The molecule has 0 aliphatic heterocycles. The Kier molecular flexibility index (Phi) is 4.52. The van der Waals surface area contributed by atoms with Crippen molar-refractivity contribution in [1.82, 2.24) is 20.4 Å². The predicted molar refractivity (Wildman–Crippen MR) is 76.7 cm³/mol. The fourth-order valence-corrected chi connectivity index (χ4v) is 2.07. The van der Waals surface area contributed by atoms with Crippen molar-refractivity contribution in [2.24, 2.45) is 5.92 Å². The quantitative estimate of drug-likeness (QED) is 0.870. The molecule has 7 nitrogen and oxygen atoms in total. The van der Waals surface area contributed by atoms with Gasteiger partial charge < -0.3 is 14.8 Å². The van der Waals surface area contributed by atoms with Crippen LogP contribution in [0.3, 0.4) is 0 Å². The zero-order valence-electron chi connectivity index (χ0n) is 12.2. The van der Waals surface area contributed by atoms with E-state index >= 15 is 0 Å². The molecule has 0 saturated heterocycles. The first-order valence-electron chi connectivity index (χ1n) is 6.80. The van der Waals surface area contributed by atoms with Crippen molar-refractivity contribution in [3.8, 4) is 11.5 Å². The average Bonchev–Trinajstić information content (AvgIpc) is 2.87. The lowest BCUT2D eigenvalue weighted by Crippen LogP contribution is -2.34. The molecule has 2 N–H and O–H groups in total. The van der Waals surface area contributed by atoms with Crippen molar-refractivity contribution in [3.05, 3.63) is 34.5 Å². The number of carbonyl (C=O) groups is 1. The molecule has 0 aromatic carbocycles. The Morgan fingerprint density at radius 2 is 2.19 bits per heavy atom. The number of hydrogen-bond donors (Lipinski definition) is 2. The monoisotopic (exact) mass is 290 g/mol. The Morgan fingerprint density at radius 1 is 1.43 bits per heavy atom. The number of H-pyrrole nitrogens is 1. The number of aromatic amines is 1. The van der Waals surface area contributed by atoms with E-state index in [1.165, 1.54) is 6.20 Å². The number of pyridine rings is 1. The highest BCUT2D eigenvalue weighted by molar-refractivity contribution is 5.90. The molecule has 1 unspecified atom stereocenters. The third-order valence-electron chi connectivity index (χ3n) is 2.88. The van der Waals surface area contributed by atoms with E-state index in [4.69, 9.17) is 4.52 Å². The van der Waals surface area contributed by atoms with Gasteiger partial charge in [0.1, 0.15) is 5.56 Å². The first-order valence-corrected chi connectivity index (χ1v) is 6.80. The van der Waals surface area contributed by atoms with Crippen LogP contribution in [0.25, 0.3) is 11.5 Å². The normalized spacial score (nSPS) is 12.4. The molecular formula is C14H18N4O3. The summed E-state index contributed by atoms with van der Waals surface area (Å²) in [5.74, 6) is 0.0110. The van der Waals surface area contributed by atoms with E-state index in [0.717, 1.165) is 6.42 Å². The molecular weight excluding hydrogens is 272 g/mol. The predicted octanol–water partition coefficient (Wildman–Crippen LogP) is 1.59. The standard InChI is InChI=1S/C14H18N4O3/c1-8(2)7-9(3)16-13(20)11-17-14(21-18-11)10-5-4-6-15-12(10)19/h4-6,8-9H,7H2,1-3H3,(H,15,19)(H,16,20). The van der Waals surface area contributed by atoms with Crippen molar-refractivity contribution >= 4 is 5.91 Å². The Balaban J connectivity index is 2.11. The van der Waals surface area contributed by atoms with E-state index in [1.54, 1.807) is 12.1 Å². The minimum atomic E-state index is -0.412. The molecule has 0 bridgehead atoms. The number of hydrogen-bond acceptors (Lipinski definition) is 5. The Hall–Kier alpha value is -2.44. The average molecular weight is 290 g/mol. The molecule has 7 heteroatoms. The highest BCUT2D eigenvalue weighted by Gasteiger charge is 2.19. The summed E-state index contributed by atoms with van der Waals surface area (Å²) < 4.78 is 4.97. The van der Waals surface area contributed by atoms with Gasteiger partial charge in [0, 0.05) is 12.2 Å². The van der Waals surface area contributed by atoms with Gasteiger partial charge in [0.25, 0.3) is 23.2 Å². The molecule has 2 heterocycles. The fraction of sp³-hybridized carbons (Fsp3) is 0.429.